The average molecular weight is 211 g/mol. The summed E-state index contributed by atoms with van der Waals surface area (Å²) in [6.07, 6.45) is 3.96. The maximum Gasteiger partial charge on any atom is 0.0615 e. The number of likely N-dealkylation sites (N-methyl/N-ethyl adjacent to an activating group) is 1. The van der Waals surface area contributed by atoms with Gasteiger partial charge in [-0.05, 0) is 25.5 Å². The Morgan fingerprint density at radius 3 is 2.93 bits per heavy atom. The number of hydrogen-bond acceptors (Lipinski definition) is 3. The van der Waals surface area contributed by atoms with Gasteiger partial charge in [-0.2, -0.15) is 5.10 Å². The minimum atomic E-state index is 0.440. The van der Waals surface area contributed by atoms with Gasteiger partial charge in [0.15, 0.2) is 0 Å². The van der Waals surface area contributed by atoms with Crippen molar-refractivity contribution in [2.24, 2.45) is 7.05 Å². The van der Waals surface area contributed by atoms with Gasteiger partial charge in [0, 0.05) is 32.1 Å². The lowest BCUT2D eigenvalue weighted by molar-refractivity contribution is 0.163. The normalized spacial score (nSPS) is 13.0. The first-order valence-electron chi connectivity index (χ1n) is 5.47. The molecule has 0 bridgehead atoms. The van der Waals surface area contributed by atoms with E-state index in [1.807, 2.05) is 17.9 Å². The molecule has 1 aromatic rings. The number of nitrogens with one attached hydrogen (secondary N) is 1. The van der Waals surface area contributed by atoms with Gasteiger partial charge in [-0.25, -0.2) is 0 Å². The van der Waals surface area contributed by atoms with Gasteiger partial charge in [-0.1, -0.05) is 6.92 Å². The molecule has 0 spiro atoms. The number of rotatable bonds is 7. The highest BCUT2D eigenvalue weighted by Gasteiger charge is 2.08. The zero-order valence-corrected chi connectivity index (χ0v) is 9.86. The summed E-state index contributed by atoms with van der Waals surface area (Å²) in [6, 6.07) is 2.51. The standard InChI is InChI=1S/C11H21N3O/c1-4-12-10(9-15-3)5-6-11-7-8-13-14(11)2/h7-8,10,12H,4-6,9H2,1-3H3. The van der Waals surface area contributed by atoms with E-state index >= 15 is 0 Å². The highest BCUT2D eigenvalue weighted by atomic mass is 16.5. The minimum Gasteiger partial charge on any atom is -0.383 e. The van der Waals surface area contributed by atoms with Gasteiger partial charge in [0.2, 0.25) is 0 Å². The summed E-state index contributed by atoms with van der Waals surface area (Å²) in [7, 11) is 3.72. The summed E-state index contributed by atoms with van der Waals surface area (Å²) in [5.74, 6) is 0. The first-order chi connectivity index (χ1) is 7.27. The Bertz CT molecular complexity index is 267. The molecule has 86 valence electrons. The van der Waals surface area contributed by atoms with Crippen molar-refractivity contribution in [3.8, 4) is 0 Å². The van der Waals surface area contributed by atoms with Crippen LogP contribution in [0.4, 0.5) is 0 Å². The van der Waals surface area contributed by atoms with Crippen molar-refractivity contribution in [2.45, 2.75) is 25.8 Å². The van der Waals surface area contributed by atoms with Crippen LogP contribution in [0, 0.1) is 0 Å². The monoisotopic (exact) mass is 211 g/mol. The molecule has 0 radical (unpaired) electrons. The highest BCUT2D eigenvalue weighted by Crippen LogP contribution is 2.04. The van der Waals surface area contributed by atoms with E-state index in [1.54, 1.807) is 7.11 Å². The summed E-state index contributed by atoms with van der Waals surface area (Å²) < 4.78 is 7.10. The summed E-state index contributed by atoms with van der Waals surface area (Å²) in [5, 5.41) is 7.56. The quantitative estimate of drug-likeness (QED) is 0.730. The third-order valence-corrected chi connectivity index (χ3v) is 2.53. The minimum absolute atomic E-state index is 0.440. The molecular formula is C11H21N3O. The molecule has 0 aliphatic carbocycles. The molecule has 15 heavy (non-hydrogen) atoms. The second-order valence-electron chi connectivity index (χ2n) is 3.69. The molecule has 0 aromatic carbocycles. The summed E-state index contributed by atoms with van der Waals surface area (Å²) in [5.41, 5.74) is 1.27. The fourth-order valence-electron chi connectivity index (χ4n) is 1.70. The lowest BCUT2D eigenvalue weighted by Gasteiger charge is -2.16. The lowest BCUT2D eigenvalue weighted by Crippen LogP contribution is -2.33. The van der Waals surface area contributed by atoms with Crippen LogP contribution >= 0.6 is 0 Å². The largest absolute Gasteiger partial charge is 0.383 e. The van der Waals surface area contributed by atoms with Crippen molar-refractivity contribution < 1.29 is 4.74 Å². The van der Waals surface area contributed by atoms with Gasteiger partial charge in [0.1, 0.15) is 0 Å². The molecule has 4 heteroatoms. The van der Waals surface area contributed by atoms with Crippen LogP contribution in [0.15, 0.2) is 12.3 Å². The van der Waals surface area contributed by atoms with E-state index in [0.717, 1.165) is 26.0 Å². The van der Waals surface area contributed by atoms with E-state index < -0.39 is 0 Å². The predicted molar refractivity (Wildman–Crippen MR) is 60.9 cm³/mol. The molecule has 0 saturated heterocycles. The zero-order chi connectivity index (χ0) is 11.1. The van der Waals surface area contributed by atoms with E-state index in [-0.39, 0.29) is 0 Å². The topological polar surface area (TPSA) is 39.1 Å². The van der Waals surface area contributed by atoms with Crippen molar-refractivity contribution in [2.75, 3.05) is 20.3 Å². The van der Waals surface area contributed by atoms with Gasteiger partial charge in [0.25, 0.3) is 0 Å². The lowest BCUT2D eigenvalue weighted by atomic mass is 10.1. The maximum absolute atomic E-state index is 5.17. The summed E-state index contributed by atoms with van der Waals surface area (Å²) in [6.45, 7) is 3.87. The second kappa shape index (κ2) is 6.58. The fraction of sp³-hybridized carbons (Fsp3) is 0.727. The van der Waals surface area contributed by atoms with Crippen LogP contribution in [-0.4, -0.2) is 36.1 Å². The van der Waals surface area contributed by atoms with Gasteiger partial charge >= 0.3 is 0 Å². The third kappa shape index (κ3) is 4.01. The smallest absolute Gasteiger partial charge is 0.0615 e. The summed E-state index contributed by atoms with van der Waals surface area (Å²) >= 11 is 0. The molecule has 1 N–H and O–H groups in total. The van der Waals surface area contributed by atoms with E-state index in [2.05, 4.69) is 23.4 Å². The Hall–Kier alpha value is -0.870. The zero-order valence-electron chi connectivity index (χ0n) is 9.86. The number of hydrogen-bond donors (Lipinski definition) is 1. The molecule has 1 heterocycles. The number of methoxy groups -OCH3 is 1. The predicted octanol–water partition coefficient (Wildman–Crippen LogP) is 0.977. The Balaban J connectivity index is 2.36. The Kier molecular flexibility index (Phi) is 5.36. The molecule has 1 aromatic heterocycles. The van der Waals surface area contributed by atoms with E-state index in [9.17, 15) is 0 Å². The Morgan fingerprint density at radius 1 is 1.60 bits per heavy atom. The second-order valence-corrected chi connectivity index (χ2v) is 3.69. The van der Waals surface area contributed by atoms with Gasteiger partial charge in [-0.15, -0.1) is 0 Å². The molecule has 1 atom stereocenters. The van der Waals surface area contributed by atoms with Crippen molar-refractivity contribution in [1.82, 2.24) is 15.1 Å². The van der Waals surface area contributed by atoms with Gasteiger partial charge < -0.3 is 10.1 Å². The molecule has 0 saturated carbocycles. The molecular weight excluding hydrogens is 190 g/mol. The average Bonchev–Trinajstić information content (AvgIpc) is 2.61. The number of aromatic nitrogens is 2. The molecule has 0 aliphatic rings. The number of ether oxygens (including phenoxy) is 1. The van der Waals surface area contributed by atoms with Crippen molar-refractivity contribution in [3.05, 3.63) is 18.0 Å². The van der Waals surface area contributed by atoms with E-state index in [0.29, 0.717) is 6.04 Å². The van der Waals surface area contributed by atoms with Crippen LogP contribution in [0.2, 0.25) is 0 Å². The van der Waals surface area contributed by atoms with Crippen molar-refractivity contribution in [3.63, 3.8) is 0 Å². The molecule has 1 rings (SSSR count). The van der Waals surface area contributed by atoms with Crippen LogP contribution < -0.4 is 5.32 Å². The first-order valence-corrected chi connectivity index (χ1v) is 5.47. The molecule has 4 nitrogen and oxygen atoms in total. The molecule has 1 unspecified atom stereocenters. The SMILES string of the molecule is CCNC(CCc1ccnn1C)COC. The van der Waals surface area contributed by atoms with Crippen molar-refractivity contribution in [1.29, 1.82) is 0 Å². The van der Waals surface area contributed by atoms with Crippen LogP contribution in [0.5, 0.6) is 0 Å². The van der Waals surface area contributed by atoms with Crippen LogP contribution in [-0.2, 0) is 18.2 Å². The Labute approximate surface area is 91.6 Å². The number of aryl methyl sites for hydroxylation is 2. The molecule has 0 aliphatic heterocycles. The molecule has 0 fully saturated rings. The Morgan fingerprint density at radius 2 is 2.40 bits per heavy atom. The maximum atomic E-state index is 5.17. The molecule has 0 amide bonds. The highest BCUT2D eigenvalue weighted by molar-refractivity contribution is 5.00. The van der Waals surface area contributed by atoms with Gasteiger partial charge in [0.05, 0.1) is 6.61 Å². The first kappa shape index (κ1) is 12.2. The third-order valence-electron chi connectivity index (χ3n) is 2.53. The number of nitrogens with zero attached hydrogens (tertiary/aromatic N) is 2. The summed E-state index contributed by atoms with van der Waals surface area (Å²) in [4.78, 5) is 0. The van der Waals surface area contributed by atoms with Crippen molar-refractivity contribution >= 4 is 0 Å². The van der Waals surface area contributed by atoms with E-state index in [4.69, 9.17) is 4.74 Å². The van der Waals surface area contributed by atoms with E-state index in [1.165, 1.54) is 5.69 Å². The van der Waals surface area contributed by atoms with Gasteiger partial charge in [-0.3, -0.25) is 4.68 Å². The van der Waals surface area contributed by atoms with Crippen LogP contribution in [0.3, 0.4) is 0 Å². The van der Waals surface area contributed by atoms with Crippen LogP contribution in [0.25, 0.3) is 0 Å². The fourth-order valence-corrected chi connectivity index (χ4v) is 1.70. The van der Waals surface area contributed by atoms with Crippen LogP contribution in [0.1, 0.15) is 19.0 Å².